The maximum atomic E-state index is 12.2. The molecule has 1 aliphatic heterocycles. The number of nitrogens with zero attached hydrogens (tertiary/aromatic N) is 3. The van der Waals surface area contributed by atoms with Gasteiger partial charge in [0.2, 0.25) is 10.0 Å². The Balaban J connectivity index is 1.87. The molecule has 0 amide bonds. The van der Waals surface area contributed by atoms with Gasteiger partial charge in [0, 0.05) is 6.54 Å². The molecule has 1 fully saturated rings. The van der Waals surface area contributed by atoms with Gasteiger partial charge in [-0.2, -0.15) is 5.10 Å². The lowest BCUT2D eigenvalue weighted by Gasteiger charge is -2.24. The van der Waals surface area contributed by atoms with Crippen molar-refractivity contribution in [2.24, 2.45) is 0 Å². The fraction of sp³-hybridized carbons (Fsp3) is 0.818. The van der Waals surface area contributed by atoms with Gasteiger partial charge in [0.15, 0.2) is 0 Å². The Hall–Kier alpha value is -0.950. The predicted octanol–water partition coefficient (Wildman–Crippen LogP) is 0.893. The van der Waals surface area contributed by atoms with Crippen LogP contribution in [0, 0.1) is 6.92 Å². The topological polar surface area (TPSA) is 76.9 Å². The number of rotatable bonds is 3. The van der Waals surface area contributed by atoms with Crippen LogP contribution < -0.4 is 4.72 Å². The van der Waals surface area contributed by atoms with Crippen LogP contribution in [0.4, 0.5) is 0 Å². The summed E-state index contributed by atoms with van der Waals surface area (Å²) in [5.41, 5.74) is 0. The van der Waals surface area contributed by atoms with Crippen molar-refractivity contribution < 1.29 is 8.42 Å². The van der Waals surface area contributed by atoms with Gasteiger partial charge in [-0.25, -0.2) is 22.8 Å². The van der Waals surface area contributed by atoms with Gasteiger partial charge in [-0.15, -0.1) is 0 Å². The minimum absolute atomic E-state index is 0.220. The van der Waals surface area contributed by atoms with Crippen molar-refractivity contribution in [1.82, 2.24) is 19.5 Å². The Morgan fingerprint density at radius 1 is 1.44 bits per heavy atom. The van der Waals surface area contributed by atoms with E-state index in [1.165, 1.54) is 0 Å². The lowest BCUT2D eigenvalue weighted by atomic mass is 10.1. The zero-order valence-electron chi connectivity index (χ0n) is 10.7. The third kappa shape index (κ3) is 1.85. The van der Waals surface area contributed by atoms with Crippen LogP contribution in [0.2, 0.25) is 0 Å². The molecule has 0 aromatic carbocycles. The fourth-order valence-electron chi connectivity index (χ4n) is 2.35. The number of aryl methyl sites for hydroxylation is 2. The highest BCUT2D eigenvalue weighted by Gasteiger charge is 2.51. The molecule has 1 aromatic rings. The Morgan fingerprint density at radius 2 is 2.17 bits per heavy atom. The van der Waals surface area contributed by atoms with E-state index in [2.05, 4.69) is 14.8 Å². The molecule has 2 aliphatic rings. The van der Waals surface area contributed by atoms with E-state index in [1.54, 1.807) is 6.92 Å². The van der Waals surface area contributed by atoms with E-state index in [9.17, 15) is 8.42 Å². The van der Waals surface area contributed by atoms with Crippen molar-refractivity contribution in [2.45, 2.75) is 56.9 Å². The molecule has 3 rings (SSSR count). The van der Waals surface area contributed by atoms with Gasteiger partial charge in [-0.05, 0) is 39.5 Å². The average molecular weight is 270 g/mol. The van der Waals surface area contributed by atoms with E-state index >= 15 is 0 Å². The van der Waals surface area contributed by atoms with Crippen molar-refractivity contribution in [1.29, 1.82) is 0 Å². The summed E-state index contributed by atoms with van der Waals surface area (Å²) < 4.78 is 28.5. The number of hydrogen-bond donors (Lipinski definition) is 1. The molecular formula is C11H18N4O2S. The minimum Gasteiger partial charge on any atom is -0.248 e. The molecule has 18 heavy (non-hydrogen) atoms. The van der Waals surface area contributed by atoms with Crippen LogP contribution in [0.15, 0.2) is 0 Å². The van der Waals surface area contributed by atoms with Gasteiger partial charge in [0.25, 0.3) is 0 Å². The van der Waals surface area contributed by atoms with E-state index < -0.39 is 14.8 Å². The van der Waals surface area contributed by atoms with Crippen LogP contribution >= 0.6 is 0 Å². The highest BCUT2D eigenvalue weighted by atomic mass is 32.2. The molecule has 0 radical (unpaired) electrons. The lowest BCUT2D eigenvalue weighted by molar-refractivity contribution is 0.398. The number of aromatic nitrogens is 3. The summed E-state index contributed by atoms with van der Waals surface area (Å²) in [5, 5.41) is 4.28. The van der Waals surface area contributed by atoms with E-state index in [4.69, 9.17) is 0 Å². The zero-order valence-corrected chi connectivity index (χ0v) is 11.5. The summed E-state index contributed by atoms with van der Waals surface area (Å²) in [6.45, 7) is 4.46. The summed E-state index contributed by atoms with van der Waals surface area (Å²) >= 11 is 0. The second kappa shape index (κ2) is 3.77. The van der Waals surface area contributed by atoms with Crippen LogP contribution in [0.5, 0.6) is 0 Å². The molecule has 0 saturated heterocycles. The largest absolute Gasteiger partial charge is 0.248 e. The fourth-order valence-corrected chi connectivity index (χ4v) is 3.88. The van der Waals surface area contributed by atoms with Gasteiger partial charge in [-0.3, -0.25) is 0 Å². The molecule has 1 saturated carbocycles. The van der Waals surface area contributed by atoms with Crippen LogP contribution in [0.1, 0.15) is 50.3 Å². The maximum Gasteiger partial charge on any atom is 0.217 e. The molecule has 6 nitrogen and oxygen atoms in total. The first-order valence-electron chi connectivity index (χ1n) is 6.34. The molecule has 1 atom stereocenters. The smallest absolute Gasteiger partial charge is 0.217 e. The zero-order chi connectivity index (χ0) is 13.0. The third-order valence-electron chi connectivity index (χ3n) is 3.88. The van der Waals surface area contributed by atoms with Gasteiger partial charge >= 0.3 is 0 Å². The monoisotopic (exact) mass is 270 g/mol. The van der Waals surface area contributed by atoms with Crippen molar-refractivity contribution >= 4 is 10.0 Å². The second-order valence-corrected chi connectivity index (χ2v) is 7.73. The number of fused-ring (bicyclic) bond motifs is 1. The van der Waals surface area contributed by atoms with Crippen molar-refractivity contribution in [2.75, 3.05) is 0 Å². The Labute approximate surface area is 107 Å². The molecule has 0 bridgehead atoms. The normalized spacial score (nSPS) is 25.8. The molecular weight excluding hydrogens is 252 g/mol. The van der Waals surface area contributed by atoms with Gasteiger partial charge in [0.1, 0.15) is 11.6 Å². The van der Waals surface area contributed by atoms with Gasteiger partial charge < -0.3 is 0 Å². The summed E-state index contributed by atoms with van der Waals surface area (Å²) in [4.78, 5) is 4.34. The van der Waals surface area contributed by atoms with Gasteiger partial charge in [-0.1, -0.05) is 0 Å². The summed E-state index contributed by atoms with van der Waals surface area (Å²) in [5.74, 6) is 1.46. The van der Waals surface area contributed by atoms with Crippen LogP contribution in [-0.2, 0) is 16.6 Å². The quantitative estimate of drug-likeness (QED) is 0.885. The first kappa shape index (κ1) is 12.1. The number of hydrogen-bond acceptors (Lipinski definition) is 4. The van der Waals surface area contributed by atoms with Crippen LogP contribution in [-0.4, -0.2) is 27.9 Å². The summed E-state index contributed by atoms with van der Waals surface area (Å²) in [6.07, 6.45) is 3.23. The number of sulfonamides is 1. The van der Waals surface area contributed by atoms with Crippen molar-refractivity contribution in [3.63, 3.8) is 0 Å². The molecule has 1 N–H and O–H groups in total. The Bertz CT molecular complexity index is 574. The van der Waals surface area contributed by atoms with E-state index in [-0.39, 0.29) is 6.04 Å². The predicted molar refractivity (Wildman–Crippen MR) is 66.4 cm³/mol. The number of nitrogens with one attached hydrogen (secondary N) is 1. The standard InChI is InChI=1S/C11H18N4O2S/c1-8-12-10-9(4-3-7-15(10)13-8)14-18(16,17)11(2)5-6-11/h9,14H,3-7H2,1-2H3. The highest BCUT2D eigenvalue weighted by Crippen LogP contribution is 2.43. The van der Waals surface area contributed by atoms with E-state index in [0.717, 1.165) is 38.1 Å². The van der Waals surface area contributed by atoms with Crippen LogP contribution in [0.3, 0.4) is 0 Å². The SMILES string of the molecule is Cc1nc2n(n1)CCCC2NS(=O)(=O)C1(C)CC1. The molecule has 1 unspecified atom stereocenters. The molecule has 100 valence electrons. The average Bonchev–Trinajstić information content (AvgIpc) is 2.91. The first-order chi connectivity index (χ1) is 8.41. The van der Waals surface area contributed by atoms with Crippen LogP contribution in [0.25, 0.3) is 0 Å². The maximum absolute atomic E-state index is 12.2. The minimum atomic E-state index is -3.25. The molecule has 1 aromatic heterocycles. The molecule has 2 heterocycles. The molecule has 1 aliphatic carbocycles. The van der Waals surface area contributed by atoms with E-state index in [1.807, 2.05) is 11.6 Å². The Kier molecular flexibility index (Phi) is 2.54. The lowest BCUT2D eigenvalue weighted by Crippen LogP contribution is -2.39. The van der Waals surface area contributed by atoms with E-state index in [0.29, 0.717) is 5.82 Å². The second-order valence-electron chi connectivity index (χ2n) is 5.51. The van der Waals surface area contributed by atoms with Crippen molar-refractivity contribution in [3.8, 4) is 0 Å². The summed E-state index contributed by atoms with van der Waals surface area (Å²) in [6, 6.07) is -0.220. The molecule has 7 heteroatoms. The Morgan fingerprint density at radius 3 is 2.83 bits per heavy atom. The third-order valence-corrected chi connectivity index (χ3v) is 6.18. The van der Waals surface area contributed by atoms with Gasteiger partial charge in [0.05, 0.1) is 10.8 Å². The van der Waals surface area contributed by atoms with Crippen molar-refractivity contribution in [3.05, 3.63) is 11.6 Å². The highest BCUT2D eigenvalue weighted by molar-refractivity contribution is 7.91. The summed E-state index contributed by atoms with van der Waals surface area (Å²) in [7, 11) is -3.25. The first-order valence-corrected chi connectivity index (χ1v) is 7.83. The molecule has 0 spiro atoms.